The maximum Gasteiger partial charge on any atom is 0.656 e. The van der Waals surface area contributed by atoms with E-state index >= 15 is 0 Å². The molecule has 0 heterocycles. The van der Waals surface area contributed by atoms with Crippen molar-refractivity contribution in [3.8, 4) is 0 Å². The van der Waals surface area contributed by atoms with Crippen LogP contribution in [0.3, 0.4) is 0 Å². The predicted molar refractivity (Wildman–Crippen MR) is 112 cm³/mol. The Balaban J connectivity index is 0.000000279. The summed E-state index contributed by atoms with van der Waals surface area (Å²) in [6.07, 6.45) is 0. The summed E-state index contributed by atoms with van der Waals surface area (Å²) in [4.78, 5) is 2.25. The Morgan fingerprint density at radius 1 is 0.778 bits per heavy atom. The van der Waals surface area contributed by atoms with Gasteiger partial charge in [0.25, 0.3) is 0 Å². The molecule has 0 radical (unpaired) electrons. The molecule has 8 heteroatoms. The van der Waals surface area contributed by atoms with Crippen molar-refractivity contribution in [3.63, 3.8) is 0 Å². The Morgan fingerprint density at radius 2 is 1.11 bits per heavy atom. The number of rotatable bonds is 5. The van der Waals surface area contributed by atoms with E-state index in [4.69, 9.17) is 15.8 Å². The van der Waals surface area contributed by atoms with Gasteiger partial charge in [-0.1, -0.05) is 54.6 Å². The fourth-order valence-electron chi connectivity index (χ4n) is 2.29. The lowest BCUT2D eigenvalue weighted by Gasteiger charge is -2.25. The number of benzene rings is 3. The van der Waals surface area contributed by atoms with Gasteiger partial charge < -0.3 is 20.7 Å². The van der Waals surface area contributed by atoms with Gasteiger partial charge in [-0.05, 0) is 48.6 Å². The van der Waals surface area contributed by atoms with Gasteiger partial charge in [0.05, 0.1) is 0 Å². The highest BCUT2D eigenvalue weighted by Gasteiger charge is 2.10. The van der Waals surface area contributed by atoms with Crippen molar-refractivity contribution >= 4 is 41.7 Å². The molecule has 0 aliphatic rings. The van der Waals surface area contributed by atoms with Crippen LogP contribution in [-0.2, 0) is 4.76 Å². The number of nitrogens with one attached hydrogen (secondary N) is 1. The second-order valence-electron chi connectivity index (χ2n) is 5.25. The molecule has 5 N–H and O–H groups in total. The van der Waals surface area contributed by atoms with Crippen molar-refractivity contribution in [1.29, 1.82) is 0 Å². The molecule has 3 aromatic carbocycles. The maximum atomic E-state index is 7.96. The summed E-state index contributed by atoms with van der Waals surface area (Å²) in [6.45, 7) is 0. The van der Waals surface area contributed by atoms with Crippen LogP contribution < -0.4 is 16.1 Å². The molecule has 0 atom stereocenters. The van der Waals surface area contributed by atoms with Gasteiger partial charge in [0.1, 0.15) is 0 Å². The van der Waals surface area contributed by atoms with Crippen LogP contribution in [0.5, 0.6) is 0 Å². The van der Waals surface area contributed by atoms with Crippen LogP contribution in [0.2, 0.25) is 0 Å². The molecular weight excluding hydrogens is 361 g/mol. The second kappa shape index (κ2) is 10.9. The lowest BCUT2D eigenvalue weighted by atomic mass is 10.2. The number of hydrogen-bond acceptors (Lipinski definition) is 5. The molecule has 0 saturated heterocycles. The van der Waals surface area contributed by atoms with Crippen LogP contribution in [0, 0.1) is 0 Å². The van der Waals surface area contributed by atoms with Crippen molar-refractivity contribution in [2.75, 3.05) is 4.90 Å². The fourth-order valence-corrected chi connectivity index (χ4v) is 2.34. The molecule has 0 fully saturated rings. The molecule has 27 heavy (non-hydrogen) atoms. The minimum Gasteiger partial charge on any atom is -0.400 e. The number of nitrogens with zero attached hydrogens (tertiary/aromatic N) is 1. The van der Waals surface area contributed by atoms with Crippen molar-refractivity contribution in [2.45, 2.75) is 0 Å². The van der Waals surface area contributed by atoms with E-state index in [2.05, 4.69) is 94.7 Å². The average Bonchev–Trinajstić information content (AvgIpc) is 2.70. The van der Waals surface area contributed by atoms with Crippen LogP contribution >= 0.6 is 12.2 Å². The molecule has 3 rings (SSSR count). The molecule has 138 valence electrons. The number of hydroxylamine groups is 1. The average molecular weight is 381 g/mol. The third kappa shape index (κ3) is 7.08. The zero-order valence-electron chi connectivity index (χ0n) is 14.5. The molecule has 0 aliphatic heterocycles. The van der Waals surface area contributed by atoms with E-state index in [1.807, 2.05) is 23.7 Å². The van der Waals surface area contributed by atoms with Gasteiger partial charge in [-0.25, -0.2) is 0 Å². The molecule has 0 bridgehead atoms. The first-order chi connectivity index (χ1) is 13.1. The van der Waals surface area contributed by atoms with Gasteiger partial charge >= 0.3 is 7.32 Å². The van der Waals surface area contributed by atoms with E-state index in [0.717, 1.165) is 0 Å². The predicted octanol–water partition coefficient (Wildman–Crippen LogP) is 2.88. The van der Waals surface area contributed by atoms with Gasteiger partial charge in [-0.3, -0.25) is 10.2 Å². The molecule has 6 nitrogen and oxygen atoms in total. The molecular formula is C19H20BN3O3S. The molecule has 0 aliphatic carbocycles. The molecule has 0 saturated carbocycles. The quantitative estimate of drug-likeness (QED) is 0.307. The summed E-state index contributed by atoms with van der Waals surface area (Å²) in [7, 11) is -1.89. The Labute approximate surface area is 164 Å². The van der Waals surface area contributed by atoms with Crippen LogP contribution in [-0.4, -0.2) is 22.5 Å². The van der Waals surface area contributed by atoms with Crippen LogP contribution in [0.4, 0.5) is 17.1 Å². The Kier molecular flexibility index (Phi) is 8.27. The zero-order valence-corrected chi connectivity index (χ0v) is 15.3. The van der Waals surface area contributed by atoms with Crippen molar-refractivity contribution < 1.29 is 14.8 Å². The third-order valence-corrected chi connectivity index (χ3v) is 3.39. The van der Waals surface area contributed by atoms with E-state index in [1.54, 1.807) is 0 Å². The molecule has 0 amide bonds. The summed E-state index contributed by atoms with van der Waals surface area (Å²) in [6, 6.07) is 31.3. The number of hydrogen-bond donors (Lipinski definition) is 4. The van der Waals surface area contributed by atoms with Gasteiger partial charge in [0.15, 0.2) is 5.11 Å². The zero-order chi connectivity index (χ0) is 19.5. The van der Waals surface area contributed by atoms with Crippen LogP contribution in [0.15, 0.2) is 91.0 Å². The van der Waals surface area contributed by atoms with E-state index < -0.39 is 7.32 Å². The number of anilines is 3. The van der Waals surface area contributed by atoms with Gasteiger partial charge in [0, 0.05) is 17.1 Å². The Morgan fingerprint density at radius 3 is 1.33 bits per heavy atom. The van der Waals surface area contributed by atoms with E-state index in [1.165, 1.54) is 17.1 Å². The van der Waals surface area contributed by atoms with Gasteiger partial charge in [-0.2, -0.15) is 0 Å². The summed E-state index contributed by atoms with van der Waals surface area (Å²) >= 11 is 4.23. The number of nitrogens with two attached hydrogens (primary N) is 1. The lowest BCUT2D eigenvalue weighted by Crippen LogP contribution is -2.35. The number of para-hydroxylation sites is 3. The highest BCUT2D eigenvalue weighted by atomic mass is 32.1. The van der Waals surface area contributed by atoms with Crippen molar-refractivity contribution in [2.24, 2.45) is 5.73 Å². The first-order valence-electron chi connectivity index (χ1n) is 8.10. The second-order valence-corrected chi connectivity index (χ2v) is 5.69. The highest BCUT2D eigenvalue weighted by Crippen LogP contribution is 2.33. The van der Waals surface area contributed by atoms with E-state index in [-0.39, 0.29) is 5.11 Å². The first-order valence-corrected chi connectivity index (χ1v) is 8.51. The first kappa shape index (κ1) is 20.4. The Bertz CT molecular complexity index is 714. The van der Waals surface area contributed by atoms with E-state index in [0.29, 0.717) is 0 Å². The van der Waals surface area contributed by atoms with Crippen molar-refractivity contribution in [3.05, 3.63) is 91.0 Å². The Hall–Kier alpha value is -2.91. The van der Waals surface area contributed by atoms with Crippen molar-refractivity contribution in [1.82, 2.24) is 5.48 Å². The minimum atomic E-state index is -1.89. The summed E-state index contributed by atoms with van der Waals surface area (Å²) in [5.74, 6) is 0. The molecule has 0 aromatic heterocycles. The largest absolute Gasteiger partial charge is 0.656 e. The standard InChI is InChI=1S/C18H15N.CH5BN2O3S/c1-4-10-16(11-5-1)19(17-12-6-2-7-13-17)18-14-8-3-9-15-18;3-1(8)4-7-2(5)6/h1-15H;5-6H,(H3,3,4,8). The lowest BCUT2D eigenvalue weighted by molar-refractivity contribution is 0.150. The minimum absolute atomic E-state index is 0.155. The summed E-state index contributed by atoms with van der Waals surface area (Å²) in [5, 5.41) is 15.8. The normalized spacial score (nSPS) is 9.56. The third-order valence-electron chi connectivity index (χ3n) is 3.31. The van der Waals surface area contributed by atoms with Gasteiger partial charge in [0.2, 0.25) is 0 Å². The SMILES string of the molecule is NC(=S)NOB(O)O.c1ccc(N(c2ccccc2)c2ccccc2)cc1. The number of thiocarbonyl (C=S) groups is 1. The maximum absolute atomic E-state index is 7.96. The molecule has 0 spiro atoms. The smallest absolute Gasteiger partial charge is 0.400 e. The fraction of sp³-hybridized carbons (Fsp3) is 0. The highest BCUT2D eigenvalue weighted by molar-refractivity contribution is 7.80. The monoisotopic (exact) mass is 381 g/mol. The summed E-state index contributed by atoms with van der Waals surface area (Å²) < 4.78 is 3.90. The van der Waals surface area contributed by atoms with Gasteiger partial charge in [-0.15, -0.1) is 0 Å². The molecule has 3 aromatic rings. The topological polar surface area (TPSA) is 91.0 Å². The summed E-state index contributed by atoms with van der Waals surface area (Å²) in [5.41, 5.74) is 10.2. The van der Waals surface area contributed by atoms with E-state index in [9.17, 15) is 0 Å². The van der Waals surface area contributed by atoms with Crippen LogP contribution in [0.1, 0.15) is 0 Å². The van der Waals surface area contributed by atoms with Crippen LogP contribution in [0.25, 0.3) is 0 Å². The molecule has 0 unspecified atom stereocenters.